The van der Waals surface area contributed by atoms with Gasteiger partial charge in [-0.1, -0.05) is 19.3 Å². The van der Waals surface area contributed by atoms with Crippen molar-refractivity contribution in [1.29, 1.82) is 0 Å². The fourth-order valence-electron chi connectivity index (χ4n) is 2.76. The molecule has 0 saturated heterocycles. The van der Waals surface area contributed by atoms with Gasteiger partial charge in [0.1, 0.15) is 5.78 Å². The number of hydrogen-bond acceptors (Lipinski definition) is 2. The zero-order chi connectivity index (χ0) is 9.26. The van der Waals surface area contributed by atoms with Gasteiger partial charge >= 0.3 is 0 Å². The SMILES string of the molecule is O=C1C2CCCCCC1C(O)CC2. The predicted molar refractivity (Wildman–Crippen MR) is 50.3 cm³/mol. The molecule has 0 amide bonds. The van der Waals surface area contributed by atoms with Gasteiger partial charge in [0.25, 0.3) is 0 Å². The topological polar surface area (TPSA) is 37.3 Å². The molecular weight excluding hydrogens is 164 g/mol. The normalized spacial score (nSPS) is 41.0. The Morgan fingerprint density at radius 3 is 2.62 bits per heavy atom. The number of carbonyl (C=O) groups is 1. The number of aliphatic hydroxyl groups excluding tert-OH is 1. The van der Waals surface area contributed by atoms with Crippen molar-refractivity contribution in [2.45, 2.75) is 51.0 Å². The van der Waals surface area contributed by atoms with Crippen LogP contribution in [0.4, 0.5) is 0 Å². The van der Waals surface area contributed by atoms with Crippen molar-refractivity contribution in [3.8, 4) is 0 Å². The molecule has 3 unspecified atom stereocenters. The van der Waals surface area contributed by atoms with E-state index in [0.29, 0.717) is 5.78 Å². The lowest BCUT2D eigenvalue weighted by molar-refractivity contribution is -0.135. The van der Waals surface area contributed by atoms with Crippen LogP contribution in [0.15, 0.2) is 0 Å². The standard InChI is InChI=1S/C11H18O2/c12-10-7-6-8-4-2-1-3-5-9(10)11(8)13/h8-10,12H,1-7H2. The molecule has 2 fully saturated rings. The summed E-state index contributed by atoms with van der Waals surface area (Å²) in [5.74, 6) is 0.631. The minimum atomic E-state index is -0.332. The minimum Gasteiger partial charge on any atom is -0.392 e. The van der Waals surface area contributed by atoms with Crippen LogP contribution in [0.3, 0.4) is 0 Å². The van der Waals surface area contributed by atoms with Gasteiger partial charge in [0, 0.05) is 11.8 Å². The molecular formula is C11H18O2. The fraction of sp³-hybridized carbons (Fsp3) is 0.909. The maximum atomic E-state index is 11.8. The van der Waals surface area contributed by atoms with Gasteiger partial charge in [-0.15, -0.1) is 0 Å². The maximum Gasteiger partial charge on any atom is 0.141 e. The lowest BCUT2D eigenvalue weighted by atomic mass is 9.72. The van der Waals surface area contributed by atoms with E-state index in [1.165, 1.54) is 12.8 Å². The monoisotopic (exact) mass is 182 g/mol. The highest BCUT2D eigenvalue weighted by atomic mass is 16.3. The van der Waals surface area contributed by atoms with Crippen molar-refractivity contribution in [1.82, 2.24) is 0 Å². The van der Waals surface area contributed by atoms with Crippen LogP contribution in [0.2, 0.25) is 0 Å². The first-order chi connectivity index (χ1) is 6.29. The van der Waals surface area contributed by atoms with Gasteiger partial charge in [-0.3, -0.25) is 4.79 Å². The minimum absolute atomic E-state index is 0.0148. The Morgan fingerprint density at radius 2 is 1.77 bits per heavy atom. The van der Waals surface area contributed by atoms with E-state index >= 15 is 0 Å². The van der Waals surface area contributed by atoms with E-state index in [4.69, 9.17) is 0 Å². The molecule has 2 rings (SSSR count). The molecule has 2 saturated carbocycles. The molecule has 2 bridgehead atoms. The summed E-state index contributed by atoms with van der Waals surface area (Å²) in [6.45, 7) is 0. The predicted octanol–water partition coefficient (Wildman–Crippen LogP) is 1.91. The lowest BCUT2D eigenvalue weighted by Gasteiger charge is -2.33. The van der Waals surface area contributed by atoms with Gasteiger partial charge < -0.3 is 5.11 Å². The highest BCUT2D eigenvalue weighted by Crippen LogP contribution is 2.34. The Bertz CT molecular complexity index is 198. The Kier molecular flexibility index (Phi) is 2.68. The number of fused-ring (bicyclic) bond motifs is 2. The van der Waals surface area contributed by atoms with Crippen LogP contribution < -0.4 is 0 Å². The van der Waals surface area contributed by atoms with Gasteiger partial charge in [0.2, 0.25) is 0 Å². The molecule has 2 aliphatic carbocycles. The van der Waals surface area contributed by atoms with Gasteiger partial charge in [-0.25, -0.2) is 0 Å². The third kappa shape index (κ3) is 1.78. The van der Waals surface area contributed by atoms with Crippen LogP contribution in [-0.2, 0) is 4.79 Å². The largest absolute Gasteiger partial charge is 0.392 e. The zero-order valence-corrected chi connectivity index (χ0v) is 8.04. The van der Waals surface area contributed by atoms with Crippen LogP contribution >= 0.6 is 0 Å². The van der Waals surface area contributed by atoms with Gasteiger partial charge in [-0.05, 0) is 25.7 Å². The summed E-state index contributed by atoms with van der Waals surface area (Å²) in [6, 6.07) is 0. The van der Waals surface area contributed by atoms with E-state index in [1.807, 2.05) is 0 Å². The average Bonchev–Trinajstić information content (AvgIpc) is 2.11. The summed E-state index contributed by atoms with van der Waals surface area (Å²) in [4.78, 5) is 11.8. The van der Waals surface area contributed by atoms with Crippen LogP contribution in [-0.4, -0.2) is 17.0 Å². The highest BCUT2D eigenvalue weighted by molar-refractivity contribution is 5.84. The first kappa shape index (κ1) is 9.20. The summed E-state index contributed by atoms with van der Waals surface area (Å²) in [5, 5.41) is 9.69. The Morgan fingerprint density at radius 1 is 1.00 bits per heavy atom. The maximum absolute atomic E-state index is 11.8. The Hall–Kier alpha value is -0.370. The average molecular weight is 182 g/mol. The number of rotatable bonds is 0. The van der Waals surface area contributed by atoms with Crippen LogP contribution in [0, 0.1) is 11.8 Å². The number of Topliss-reactive ketones (excluding diaryl/α,β-unsaturated/α-hetero) is 1. The van der Waals surface area contributed by atoms with E-state index in [1.54, 1.807) is 0 Å². The van der Waals surface area contributed by atoms with Crippen LogP contribution in [0.1, 0.15) is 44.9 Å². The van der Waals surface area contributed by atoms with E-state index in [2.05, 4.69) is 0 Å². The fourth-order valence-corrected chi connectivity index (χ4v) is 2.76. The highest BCUT2D eigenvalue weighted by Gasteiger charge is 2.37. The van der Waals surface area contributed by atoms with E-state index < -0.39 is 0 Å². The lowest BCUT2D eigenvalue weighted by Crippen LogP contribution is -2.39. The second-order valence-corrected chi connectivity index (χ2v) is 4.49. The first-order valence-corrected chi connectivity index (χ1v) is 5.51. The first-order valence-electron chi connectivity index (χ1n) is 5.51. The van der Waals surface area contributed by atoms with E-state index in [9.17, 15) is 9.90 Å². The van der Waals surface area contributed by atoms with Gasteiger partial charge in [0.15, 0.2) is 0 Å². The quantitative estimate of drug-likeness (QED) is 0.621. The number of aliphatic hydroxyl groups is 1. The number of hydrogen-bond donors (Lipinski definition) is 1. The molecule has 74 valence electrons. The molecule has 0 heterocycles. The summed E-state index contributed by atoms with van der Waals surface area (Å²) in [5.41, 5.74) is 0. The molecule has 0 aromatic rings. The summed E-state index contributed by atoms with van der Waals surface area (Å²) in [6.07, 6.45) is 7.02. The smallest absolute Gasteiger partial charge is 0.141 e. The molecule has 13 heavy (non-hydrogen) atoms. The summed E-state index contributed by atoms with van der Waals surface area (Å²) < 4.78 is 0. The second-order valence-electron chi connectivity index (χ2n) is 4.49. The second kappa shape index (κ2) is 3.79. The van der Waals surface area contributed by atoms with Crippen molar-refractivity contribution in [3.63, 3.8) is 0 Å². The molecule has 0 radical (unpaired) electrons. The molecule has 3 atom stereocenters. The van der Waals surface area contributed by atoms with Gasteiger partial charge in [-0.2, -0.15) is 0 Å². The molecule has 0 spiro atoms. The number of carbonyl (C=O) groups excluding carboxylic acids is 1. The van der Waals surface area contributed by atoms with E-state index in [-0.39, 0.29) is 17.9 Å². The van der Waals surface area contributed by atoms with Crippen LogP contribution in [0.5, 0.6) is 0 Å². The van der Waals surface area contributed by atoms with Crippen molar-refractivity contribution in [2.24, 2.45) is 11.8 Å². The van der Waals surface area contributed by atoms with Crippen molar-refractivity contribution in [3.05, 3.63) is 0 Å². The van der Waals surface area contributed by atoms with Crippen molar-refractivity contribution < 1.29 is 9.90 Å². The van der Waals surface area contributed by atoms with Crippen molar-refractivity contribution >= 4 is 5.78 Å². The molecule has 2 heteroatoms. The third-order valence-electron chi connectivity index (χ3n) is 3.61. The molecule has 1 N–H and O–H groups in total. The molecule has 0 aromatic heterocycles. The summed E-state index contributed by atoms with van der Waals surface area (Å²) in [7, 11) is 0. The van der Waals surface area contributed by atoms with Crippen LogP contribution in [0.25, 0.3) is 0 Å². The Balaban J connectivity index is 2.10. The third-order valence-corrected chi connectivity index (χ3v) is 3.61. The summed E-state index contributed by atoms with van der Waals surface area (Å²) >= 11 is 0. The molecule has 0 aromatic carbocycles. The number of ketones is 1. The molecule has 2 aliphatic rings. The zero-order valence-electron chi connectivity index (χ0n) is 8.04. The Labute approximate surface area is 79.3 Å². The molecule has 2 nitrogen and oxygen atoms in total. The van der Waals surface area contributed by atoms with Crippen molar-refractivity contribution in [2.75, 3.05) is 0 Å². The molecule has 0 aliphatic heterocycles. The van der Waals surface area contributed by atoms with Gasteiger partial charge in [0.05, 0.1) is 6.10 Å². The van der Waals surface area contributed by atoms with E-state index in [0.717, 1.165) is 32.1 Å².